The summed E-state index contributed by atoms with van der Waals surface area (Å²) in [5, 5.41) is 0. The zero-order valence-corrected chi connectivity index (χ0v) is 15.4. The van der Waals surface area contributed by atoms with Crippen LogP contribution in [0.2, 0.25) is 0 Å². The molecule has 2 aromatic rings. The molecule has 0 N–H and O–H groups in total. The predicted molar refractivity (Wildman–Crippen MR) is 93.7 cm³/mol. The van der Waals surface area contributed by atoms with Crippen LogP contribution in [0.4, 0.5) is 17.6 Å². The number of sulfonamides is 1. The highest BCUT2D eigenvalue weighted by molar-refractivity contribution is 7.89. The summed E-state index contributed by atoms with van der Waals surface area (Å²) < 4.78 is 79.0. The molecule has 1 saturated heterocycles. The van der Waals surface area contributed by atoms with Gasteiger partial charge in [0.1, 0.15) is 5.82 Å². The Morgan fingerprint density at radius 3 is 2.11 bits per heavy atom. The first-order valence-electron chi connectivity index (χ1n) is 8.57. The van der Waals surface area contributed by atoms with Gasteiger partial charge in [-0.15, -0.1) is 0 Å². The summed E-state index contributed by atoms with van der Waals surface area (Å²) >= 11 is 0. The highest BCUT2D eigenvalue weighted by Gasteiger charge is 2.40. The van der Waals surface area contributed by atoms with Crippen LogP contribution in [-0.2, 0) is 16.2 Å². The average molecular weight is 415 g/mol. The molecule has 0 atom stereocenters. The van der Waals surface area contributed by atoms with Crippen molar-refractivity contribution in [1.82, 2.24) is 4.31 Å². The van der Waals surface area contributed by atoms with Gasteiger partial charge in [0, 0.05) is 24.6 Å². The minimum Gasteiger partial charge on any atom is -0.294 e. The molecule has 0 spiro atoms. The maximum Gasteiger partial charge on any atom is 0.417 e. The van der Waals surface area contributed by atoms with E-state index >= 15 is 0 Å². The van der Waals surface area contributed by atoms with Crippen LogP contribution in [0.5, 0.6) is 0 Å². The molecule has 0 unspecified atom stereocenters. The summed E-state index contributed by atoms with van der Waals surface area (Å²) in [4.78, 5) is 11.7. The highest BCUT2D eigenvalue weighted by Crippen LogP contribution is 2.36. The number of ketones is 1. The Labute approximate surface area is 159 Å². The second kappa shape index (κ2) is 7.63. The third-order valence-electron chi connectivity index (χ3n) is 4.76. The van der Waals surface area contributed by atoms with Gasteiger partial charge >= 0.3 is 6.18 Å². The molecule has 0 aliphatic carbocycles. The Bertz CT molecular complexity index is 963. The number of Topliss-reactive ketones (excluding diaryl/α,β-unsaturated/α-hetero) is 1. The number of carbonyl (C=O) groups excluding carboxylic acids is 1. The number of nitrogens with zero attached hydrogens (tertiary/aromatic N) is 1. The summed E-state index contributed by atoms with van der Waals surface area (Å²) in [5.74, 6) is -1.16. The number of rotatable bonds is 4. The van der Waals surface area contributed by atoms with Gasteiger partial charge in [0.2, 0.25) is 10.0 Å². The third-order valence-corrected chi connectivity index (χ3v) is 6.72. The van der Waals surface area contributed by atoms with Crippen molar-refractivity contribution in [1.29, 1.82) is 0 Å². The van der Waals surface area contributed by atoms with Crippen molar-refractivity contribution in [2.45, 2.75) is 23.9 Å². The van der Waals surface area contributed by atoms with E-state index in [0.29, 0.717) is 5.56 Å². The van der Waals surface area contributed by atoms with Crippen molar-refractivity contribution in [3.05, 3.63) is 65.5 Å². The summed E-state index contributed by atoms with van der Waals surface area (Å²) in [7, 11) is -4.34. The second-order valence-electron chi connectivity index (χ2n) is 6.54. The molecular weight excluding hydrogens is 398 g/mol. The van der Waals surface area contributed by atoms with E-state index in [0.717, 1.165) is 22.5 Å². The monoisotopic (exact) mass is 415 g/mol. The Balaban J connectivity index is 1.76. The summed E-state index contributed by atoms with van der Waals surface area (Å²) in [5.41, 5.74) is -0.885. The molecule has 0 bridgehead atoms. The van der Waals surface area contributed by atoms with E-state index in [1.807, 2.05) is 0 Å². The zero-order valence-electron chi connectivity index (χ0n) is 14.6. The maximum absolute atomic E-state index is 13.2. The summed E-state index contributed by atoms with van der Waals surface area (Å²) in [6.45, 7) is -0.127. The topological polar surface area (TPSA) is 54.5 Å². The number of hydrogen-bond donors (Lipinski definition) is 0. The molecule has 28 heavy (non-hydrogen) atoms. The smallest absolute Gasteiger partial charge is 0.294 e. The molecule has 3 rings (SSSR count). The molecule has 0 aromatic heterocycles. The fourth-order valence-corrected chi connectivity index (χ4v) is 4.95. The van der Waals surface area contributed by atoms with Crippen molar-refractivity contribution < 1.29 is 30.8 Å². The predicted octanol–water partition coefficient (Wildman–Crippen LogP) is 4.13. The number of alkyl halides is 3. The number of benzene rings is 2. The van der Waals surface area contributed by atoms with Crippen LogP contribution in [0.25, 0.3) is 0 Å². The lowest BCUT2D eigenvalue weighted by Gasteiger charge is -2.31. The number of halogens is 4. The molecule has 1 aliphatic heterocycles. The van der Waals surface area contributed by atoms with Gasteiger partial charge in [0.15, 0.2) is 5.78 Å². The van der Waals surface area contributed by atoms with Gasteiger partial charge in [0.25, 0.3) is 0 Å². The lowest BCUT2D eigenvalue weighted by Crippen LogP contribution is -2.40. The zero-order chi connectivity index (χ0) is 20.5. The molecule has 1 aliphatic rings. The Kier molecular flexibility index (Phi) is 5.58. The van der Waals surface area contributed by atoms with E-state index in [4.69, 9.17) is 0 Å². The SMILES string of the molecule is O=C(c1ccc(F)cc1)C1CCN(S(=O)(=O)c2ccccc2C(F)(F)F)CC1. The largest absolute Gasteiger partial charge is 0.417 e. The lowest BCUT2D eigenvalue weighted by atomic mass is 9.90. The van der Waals surface area contributed by atoms with Crippen LogP contribution in [0.15, 0.2) is 53.4 Å². The van der Waals surface area contributed by atoms with Gasteiger partial charge < -0.3 is 0 Å². The van der Waals surface area contributed by atoms with E-state index in [2.05, 4.69) is 0 Å². The quantitative estimate of drug-likeness (QED) is 0.558. The Hall–Kier alpha value is -2.26. The van der Waals surface area contributed by atoms with E-state index < -0.39 is 38.4 Å². The molecule has 2 aromatic carbocycles. The van der Waals surface area contributed by atoms with Crippen molar-refractivity contribution in [3.63, 3.8) is 0 Å². The van der Waals surface area contributed by atoms with Crippen LogP contribution >= 0.6 is 0 Å². The van der Waals surface area contributed by atoms with Gasteiger partial charge in [-0.05, 0) is 49.2 Å². The van der Waals surface area contributed by atoms with Gasteiger partial charge in [0.05, 0.1) is 10.5 Å². The van der Waals surface area contributed by atoms with E-state index in [1.165, 1.54) is 30.3 Å². The minimum absolute atomic E-state index is 0.0634. The molecule has 0 amide bonds. The van der Waals surface area contributed by atoms with Crippen molar-refractivity contribution >= 4 is 15.8 Å². The molecule has 0 saturated carbocycles. The van der Waals surface area contributed by atoms with Crippen LogP contribution in [-0.4, -0.2) is 31.6 Å². The number of piperidine rings is 1. The van der Waals surface area contributed by atoms with Crippen molar-refractivity contribution in [2.24, 2.45) is 5.92 Å². The van der Waals surface area contributed by atoms with Gasteiger partial charge in [-0.1, -0.05) is 12.1 Å². The standard InChI is InChI=1S/C19H17F4NO3S/c20-15-7-5-13(6-8-15)18(25)14-9-11-24(12-10-14)28(26,27)17-4-2-1-3-16(17)19(21,22)23/h1-8,14H,9-12H2. The van der Waals surface area contributed by atoms with Crippen LogP contribution in [0, 0.1) is 11.7 Å². The maximum atomic E-state index is 13.2. The average Bonchev–Trinajstić information content (AvgIpc) is 2.67. The number of carbonyl (C=O) groups is 1. The Morgan fingerprint density at radius 1 is 0.964 bits per heavy atom. The van der Waals surface area contributed by atoms with E-state index in [9.17, 15) is 30.8 Å². The van der Waals surface area contributed by atoms with E-state index in [1.54, 1.807) is 0 Å². The van der Waals surface area contributed by atoms with Crippen LogP contribution in [0.1, 0.15) is 28.8 Å². The van der Waals surface area contributed by atoms with Gasteiger partial charge in [-0.3, -0.25) is 4.79 Å². The van der Waals surface area contributed by atoms with Crippen molar-refractivity contribution in [3.8, 4) is 0 Å². The van der Waals surface area contributed by atoms with Gasteiger partial charge in [-0.2, -0.15) is 17.5 Å². The third kappa shape index (κ3) is 4.10. The fourth-order valence-electron chi connectivity index (χ4n) is 3.27. The fraction of sp³-hybridized carbons (Fsp3) is 0.316. The van der Waals surface area contributed by atoms with Crippen LogP contribution < -0.4 is 0 Å². The first-order valence-corrected chi connectivity index (χ1v) is 10.0. The second-order valence-corrected chi connectivity index (χ2v) is 8.45. The molecular formula is C19H17F4NO3S. The highest BCUT2D eigenvalue weighted by atomic mass is 32.2. The minimum atomic E-state index is -4.79. The Morgan fingerprint density at radius 2 is 1.54 bits per heavy atom. The molecule has 150 valence electrons. The summed E-state index contributed by atoms with van der Waals surface area (Å²) in [6.07, 6.45) is -4.42. The molecule has 1 fully saturated rings. The van der Waals surface area contributed by atoms with Gasteiger partial charge in [-0.25, -0.2) is 12.8 Å². The molecule has 1 heterocycles. The lowest BCUT2D eigenvalue weighted by molar-refractivity contribution is -0.139. The van der Waals surface area contributed by atoms with Crippen LogP contribution in [0.3, 0.4) is 0 Å². The molecule has 4 nitrogen and oxygen atoms in total. The van der Waals surface area contributed by atoms with E-state index in [-0.39, 0.29) is 31.7 Å². The molecule has 9 heteroatoms. The first kappa shape index (κ1) is 20.5. The number of hydrogen-bond acceptors (Lipinski definition) is 3. The summed E-state index contributed by atoms with van der Waals surface area (Å²) in [6, 6.07) is 9.11. The first-order chi connectivity index (χ1) is 13.1. The van der Waals surface area contributed by atoms with Crippen molar-refractivity contribution in [2.75, 3.05) is 13.1 Å². The normalized spacial score (nSPS) is 16.9. The molecule has 0 radical (unpaired) electrons.